The Hall–Kier alpha value is -2.74. The number of nitrogens with zero attached hydrogens (tertiary/aromatic N) is 1. The second-order valence-electron chi connectivity index (χ2n) is 5.82. The molecular formula is C18H20N2O5S. The van der Waals surface area contributed by atoms with Gasteiger partial charge in [0.05, 0.1) is 25.7 Å². The maximum Gasteiger partial charge on any atom is 0.255 e. The van der Waals surface area contributed by atoms with Crippen molar-refractivity contribution in [1.29, 1.82) is 0 Å². The molecule has 0 unspecified atom stereocenters. The van der Waals surface area contributed by atoms with E-state index in [9.17, 15) is 13.2 Å². The summed E-state index contributed by atoms with van der Waals surface area (Å²) >= 11 is 0. The third-order valence-corrected chi connectivity index (χ3v) is 6.01. The van der Waals surface area contributed by atoms with Crippen LogP contribution >= 0.6 is 0 Å². The van der Waals surface area contributed by atoms with Crippen LogP contribution in [0.1, 0.15) is 16.8 Å². The van der Waals surface area contributed by atoms with Crippen molar-refractivity contribution in [2.45, 2.75) is 6.42 Å². The fraction of sp³-hybridized carbons (Fsp3) is 0.278. The lowest BCUT2D eigenvalue weighted by Gasteiger charge is -2.18. The largest absolute Gasteiger partial charge is 0.493 e. The maximum atomic E-state index is 12.5. The molecule has 138 valence electrons. The van der Waals surface area contributed by atoms with Gasteiger partial charge in [-0.3, -0.25) is 9.10 Å². The first-order valence-electron chi connectivity index (χ1n) is 8.08. The number of carbonyl (C=O) groups excluding carboxylic acids is 1. The van der Waals surface area contributed by atoms with Crippen LogP contribution in [0.4, 0.5) is 11.4 Å². The van der Waals surface area contributed by atoms with Crippen molar-refractivity contribution in [2.24, 2.45) is 0 Å². The highest BCUT2D eigenvalue weighted by Gasteiger charge is 2.28. The van der Waals surface area contributed by atoms with E-state index >= 15 is 0 Å². The highest BCUT2D eigenvalue weighted by atomic mass is 32.2. The first kappa shape index (κ1) is 18.1. The van der Waals surface area contributed by atoms with Crippen LogP contribution in [0.15, 0.2) is 42.5 Å². The molecule has 0 atom stereocenters. The molecule has 0 aromatic heterocycles. The molecule has 1 saturated heterocycles. The molecule has 2 aromatic rings. The van der Waals surface area contributed by atoms with E-state index in [0.717, 1.165) is 0 Å². The van der Waals surface area contributed by atoms with Gasteiger partial charge in [-0.1, -0.05) is 6.07 Å². The number of nitrogens with one attached hydrogen (secondary N) is 1. The molecule has 3 rings (SSSR count). The molecule has 1 fully saturated rings. The van der Waals surface area contributed by atoms with Gasteiger partial charge in [-0.05, 0) is 42.8 Å². The van der Waals surface area contributed by atoms with Crippen molar-refractivity contribution in [3.8, 4) is 11.5 Å². The second kappa shape index (κ2) is 7.25. The van der Waals surface area contributed by atoms with E-state index < -0.39 is 10.0 Å². The molecule has 8 heteroatoms. The van der Waals surface area contributed by atoms with Gasteiger partial charge in [0, 0.05) is 17.8 Å². The summed E-state index contributed by atoms with van der Waals surface area (Å²) < 4.78 is 35.9. The van der Waals surface area contributed by atoms with Crippen LogP contribution in [-0.4, -0.2) is 40.8 Å². The van der Waals surface area contributed by atoms with E-state index in [1.54, 1.807) is 42.5 Å². The summed E-state index contributed by atoms with van der Waals surface area (Å²) in [7, 11) is -0.241. The third kappa shape index (κ3) is 3.60. The molecule has 0 saturated carbocycles. The zero-order valence-electron chi connectivity index (χ0n) is 14.6. The summed E-state index contributed by atoms with van der Waals surface area (Å²) in [5.74, 6) is 0.810. The molecule has 1 heterocycles. The van der Waals surface area contributed by atoms with Crippen LogP contribution < -0.4 is 19.1 Å². The zero-order chi connectivity index (χ0) is 18.7. The summed E-state index contributed by atoms with van der Waals surface area (Å²) in [5, 5.41) is 2.78. The minimum absolute atomic E-state index is 0.148. The zero-order valence-corrected chi connectivity index (χ0v) is 15.4. The normalized spacial score (nSPS) is 15.5. The van der Waals surface area contributed by atoms with Gasteiger partial charge < -0.3 is 14.8 Å². The molecular weight excluding hydrogens is 356 g/mol. The average molecular weight is 376 g/mol. The topological polar surface area (TPSA) is 84.9 Å². The molecule has 2 aromatic carbocycles. The van der Waals surface area contributed by atoms with Gasteiger partial charge in [-0.25, -0.2) is 8.42 Å². The van der Waals surface area contributed by atoms with Gasteiger partial charge in [0.25, 0.3) is 5.91 Å². The van der Waals surface area contributed by atoms with E-state index in [0.29, 0.717) is 41.4 Å². The molecule has 1 N–H and O–H groups in total. The summed E-state index contributed by atoms with van der Waals surface area (Å²) in [5.41, 5.74) is 1.47. The Balaban J connectivity index is 1.81. The van der Waals surface area contributed by atoms with Crippen molar-refractivity contribution >= 4 is 27.3 Å². The highest BCUT2D eigenvalue weighted by molar-refractivity contribution is 7.93. The van der Waals surface area contributed by atoms with Gasteiger partial charge >= 0.3 is 0 Å². The van der Waals surface area contributed by atoms with E-state index in [1.165, 1.54) is 18.5 Å². The van der Waals surface area contributed by atoms with E-state index in [4.69, 9.17) is 9.47 Å². The predicted octanol–water partition coefficient (Wildman–Crippen LogP) is 2.50. The second-order valence-corrected chi connectivity index (χ2v) is 7.83. The van der Waals surface area contributed by atoms with Crippen molar-refractivity contribution in [1.82, 2.24) is 0 Å². The summed E-state index contributed by atoms with van der Waals surface area (Å²) in [6.45, 7) is 0.454. The molecule has 1 amide bonds. The number of methoxy groups -OCH3 is 2. The first-order valence-corrected chi connectivity index (χ1v) is 9.69. The minimum atomic E-state index is -3.26. The number of hydrogen-bond acceptors (Lipinski definition) is 5. The van der Waals surface area contributed by atoms with E-state index in [1.807, 2.05) is 0 Å². The fourth-order valence-corrected chi connectivity index (χ4v) is 4.41. The van der Waals surface area contributed by atoms with Crippen molar-refractivity contribution in [2.75, 3.05) is 36.1 Å². The smallest absolute Gasteiger partial charge is 0.255 e. The number of hydrogen-bond donors (Lipinski definition) is 1. The molecule has 26 heavy (non-hydrogen) atoms. The van der Waals surface area contributed by atoms with Gasteiger partial charge in [-0.2, -0.15) is 0 Å². The summed E-state index contributed by atoms with van der Waals surface area (Å²) in [6.07, 6.45) is 0.602. The van der Waals surface area contributed by atoms with Crippen LogP contribution in [0, 0.1) is 0 Å². The summed E-state index contributed by atoms with van der Waals surface area (Å²) in [6, 6.07) is 11.7. The number of ether oxygens (including phenoxy) is 2. The summed E-state index contributed by atoms with van der Waals surface area (Å²) in [4.78, 5) is 12.5. The van der Waals surface area contributed by atoms with Gasteiger partial charge in [-0.15, -0.1) is 0 Å². The lowest BCUT2D eigenvalue weighted by atomic mass is 10.1. The van der Waals surface area contributed by atoms with Crippen molar-refractivity contribution in [3.05, 3.63) is 48.0 Å². The van der Waals surface area contributed by atoms with E-state index in [-0.39, 0.29) is 11.7 Å². The number of anilines is 2. The van der Waals surface area contributed by atoms with Crippen LogP contribution in [0.2, 0.25) is 0 Å². The first-order chi connectivity index (χ1) is 12.4. The Morgan fingerprint density at radius 1 is 1.08 bits per heavy atom. The fourth-order valence-electron chi connectivity index (χ4n) is 2.85. The number of sulfonamides is 1. The monoisotopic (exact) mass is 376 g/mol. The van der Waals surface area contributed by atoms with Crippen LogP contribution in [0.3, 0.4) is 0 Å². The molecule has 0 aliphatic carbocycles. The van der Waals surface area contributed by atoms with Crippen LogP contribution in [0.25, 0.3) is 0 Å². The molecule has 1 aliphatic heterocycles. The van der Waals surface area contributed by atoms with Crippen molar-refractivity contribution < 1.29 is 22.7 Å². The minimum Gasteiger partial charge on any atom is -0.493 e. The molecule has 0 radical (unpaired) electrons. The highest BCUT2D eigenvalue weighted by Crippen LogP contribution is 2.29. The van der Waals surface area contributed by atoms with Crippen molar-refractivity contribution in [3.63, 3.8) is 0 Å². The van der Waals surface area contributed by atoms with Gasteiger partial charge in [0.15, 0.2) is 11.5 Å². The van der Waals surface area contributed by atoms with Crippen LogP contribution in [-0.2, 0) is 10.0 Å². The molecule has 0 spiro atoms. The average Bonchev–Trinajstić information content (AvgIpc) is 3.00. The molecule has 1 aliphatic rings. The van der Waals surface area contributed by atoms with E-state index in [2.05, 4.69) is 5.32 Å². The third-order valence-electron chi connectivity index (χ3n) is 4.14. The Morgan fingerprint density at radius 2 is 1.85 bits per heavy atom. The number of carbonyl (C=O) groups is 1. The predicted molar refractivity (Wildman–Crippen MR) is 99.7 cm³/mol. The number of rotatable bonds is 5. The van der Waals surface area contributed by atoms with Gasteiger partial charge in [0.1, 0.15) is 0 Å². The lowest BCUT2D eigenvalue weighted by molar-refractivity contribution is 0.102. The molecule has 0 bridgehead atoms. The van der Waals surface area contributed by atoms with Crippen LogP contribution in [0.5, 0.6) is 11.5 Å². The standard InChI is InChI=1S/C18H20N2O5S/c1-24-16-8-7-13(11-17(16)25-2)18(21)19-14-5-3-6-15(12-14)20-9-4-10-26(20,22)23/h3,5-8,11-12H,4,9-10H2,1-2H3,(H,19,21). The quantitative estimate of drug-likeness (QED) is 0.867. The Labute approximate surface area is 152 Å². The Morgan fingerprint density at radius 3 is 2.50 bits per heavy atom. The lowest BCUT2D eigenvalue weighted by Crippen LogP contribution is -2.25. The number of benzene rings is 2. The maximum absolute atomic E-state index is 12.5. The SMILES string of the molecule is COc1ccc(C(=O)Nc2cccc(N3CCCS3(=O)=O)c2)cc1OC. The molecule has 7 nitrogen and oxygen atoms in total. The number of amides is 1. The van der Waals surface area contributed by atoms with Gasteiger partial charge in [0.2, 0.25) is 10.0 Å². The Bertz CT molecular complexity index is 927. The Kier molecular flexibility index (Phi) is 5.03.